The summed E-state index contributed by atoms with van der Waals surface area (Å²) in [7, 11) is 3.89. The molecule has 17 heavy (non-hydrogen) atoms. The average molecular weight is 252 g/mol. The van der Waals surface area contributed by atoms with Crippen LogP contribution in [0, 0.1) is 0 Å². The van der Waals surface area contributed by atoms with Gasteiger partial charge < -0.3 is 4.90 Å². The maximum absolute atomic E-state index is 11.0. The number of anilines is 1. The molecule has 0 amide bonds. The monoisotopic (exact) mass is 251 g/mol. The Kier molecular flexibility index (Phi) is 3.45. The summed E-state index contributed by atoms with van der Waals surface area (Å²) in [5.74, 6) is 0.464. The first-order chi connectivity index (χ1) is 8.11. The minimum absolute atomic E-state index is 0.0193. The van der Waals surface area contributed by atoms with Crippen LogP contribution in [0.15, 0.2) is 29.3 Å². The first kappa shape index (κ1) is 12.1. The zero-order valence-corrected chi connectivity index (χ0v) is 10.6. The van der Waals surface area contributed by atoms with Gasteiger partial charge >= 0.3 is 0 Å². The number of benzene rings is 1. The Morgan fingerprint density at radius 2 is 2.06 bits per heavy atom. The number of likely N-dealkylation sites (N-methyl/N-ethyl adjacent to an activating group) is 1. The van der Waals surface area contributed by atoms with Gasteiger partial charge in [-0.05, 0) is 38.4 Å². The molecule has 0 spiro atoms. The highest BCUT2D eigenvalue weighted by atomic mass is 35.5. The summed E-state index contributed by atoms with van der Waals surface area (Å²) in [6, 6.07) is 7.39. The molecule has 5 heteroatoms. The van der Waals surface area contributed by atoms with E-state index in [9.17, 15) is 4.79 Å². The summed E-state index contributed by atoms with van der Waals surface area (Å²) >= 11 is 5.84. The third-order valence-electron chi connectivity index (χ3n) is 2.74. The Balaban J connectivity index is 2.25. The molecular weight excluding hydrogens is 238 g/mol. The molecule has 0 saturated carbocycles. The molecule has 2 rings (SSSR count). The van der Waals surface area contributed by atoms with E-state index >= 15 is 0 Å². The van der Waals surface area contributed by atoms with E-state index in [4.69, 9.17) is 11.6 Å². The zero-order chi connectivity index (χ0) is 12.4. The van der Waals surface area contributed by atoms with Crippen molar-refractivity contribution in [3.8, 4) is 0 Å². The van der Waals surface area contributed by atoms with Crippen LogP contribution >= 0.6 is 11.6 Å². The lowest BCUT2D eigenvalue weighted by atomic mass is 10.3. The maximum Gasteiger partial charge on any atom is 0.185 e. The van der Waals surface area contributed by atoms with Gasteiger partial charge in [-0.25, -0.2) is 4.99 Å². The lowest BCUT2D eigenvalue weighted by Gasteiger charge is -2.21. The number of aliphatic imine (C=N–C) groups is 1. The number of halogens is 1. The summed E-state index contributed by atoms with van der Waals surface area (Å²) in [5, 5.41) is 0.682. The Hall–Kier alpha value is -1.39. The number of hydrogen-bond donors (Lipinski definition) is 0. The van der Waals surface area contributed by atoms with Crippen LogP contribution in [0.5, 0.6) is 0 Å². The summed E-state index contributed by atoms with van der Waals surface area (Å²) in [5.41, 5.74) is 0.935. The molecular formula is C12H14ClN3O. The highest BCUT2D eigenvalue weighted by Gasteiger charge is 2.26. The van der Waals surface area contributed by atoms with Crippen LogP contribution in [0.1, 0.15) is 0 Å². The molecule has 4 nitrogen and oxygen atoms in total. The van der Waals surface area contributed by atoms with Gasteiger partial charge in [0.15, 0.2) is 12.1 Å². The molecule has 0 aliphatic carbocycles. The van der Waals surface area contributed by atoms with E-state index in [1.807, 2.05) is 48.2 Å². The van der Waals surface area contributed by atoms with Crippen molar-refractivity contribution < 1.29 is 4.79 Å². The zero-order valence-electron chi connectivity index (χ0n) is 9.80. The Bertz CT molecular complexity index is 442. The molecule has 0 saturated heterocycles. The molecule has 1 aliphatic rings. The molecule has 1 aromatic carbocycles. The van der Waals surface area contributed by atoms with E-state index in [1.165, 1.54) is 0 Å². The van der Waals surface area contributed by atoms with Crippen LogP contribution in [0.2, 0.25) is 5.02 Å². The average Bonchev–Trinajstić information content (AvgIpc) is 2.74. The molecule has 0 bridgehead atoms. The van der Waals surface area contributed by atoms with Gasteiger partial charge in [0.05, 0.1) is 6.54 Å². The summed E-state index contributed by atoms with van der Waals surface area (Å²) in [6.07, 6.45) is 0.809. The fourth-order valence-corrected chi connectivity index (χ4v) is 1.88. The van der Waals surface area contributed by atoms with Gasteiger partial charge in [-0.3, -0.25) is 9.69 Å². The topological polar surface area (TPSA) is 35.9 Å². The quantitative estimate of drug-likeness (QED) is 0.767. The van der Waals surface area contributed by atoms with Crippen LogP contribution in [-0.4, -0.2) is 43.8 Å². The summed E-state index contributed by atoms with van der Waals surface area (Å²) in [4.78, 5) is 19.2. The van der Waals surface area contributed by atoms with Crippen LogP contribution < -0.4 is 4.90 Å². The molecule has 1 unspecified atom stereocenters. The fourth-order valence-electron chi connectivity index (χ4n) is 1.75. The van der Waals surface area contributed by atoms with E-state index in [1.54, 1.807) is 0 Å². The van der Waals surface area contributed by atoms with Crippen molar-refractivity contribution in [2.24, 2.45) is 4.99 Å². The van der Waals surface area contributed by atoms with E-state index in [0.717, 1.165) is 12.0 Å². The lowest BCUT2D eigenvalue weighted by Crippen LogP contribution is -2.34. The van der Waals surface area contributed by atoms with E-state index in [0.29, 0.717) is 17.4 Å². The number of rotatable bonds is 3. The third kappa shape index (κ3) is 2.48. The number of carbonyl (C=O) groups excluding carboxylic acids is 1. The standard InChI is InChI=1S/C12H14ClN3O/c1-15(2)11-7-16(12(8-17)14-11)10-5-3-9(13)4-6-10/h3-6,8,11H,7H2,1-2H3. The Morgan fingerprint density at radius 1 is 1.41 bits per heavy atom. The molecule has 1 heterocycles. The molecule has 0 fully saturated rings. The van der Waals surface area contributed by atoms with Gasteiger partial charge in [-0.1, -0.05) is 11.6 Å². The number of hydrogen-bond acceptors (Lipinski definition) is 4. The molecule has 1 aromatic rings. The van der Waals surface area contributed by atoms with Gasteiger partial charge in [0.2, 0.25) is 0 Å². The summed E-state index contributed by atoms with van der Waals surface area (Å²) < 4.78 is 0. The minimum Gasteiger partial charge on any atom is -0.320 e. The van der Waals surface area contributed by atoms with Crippen molar-refractivity contribution in [1.29, 1.82) is 0 Å². The van der Waals surface area contributed by atoms with E-state index < -0.39 is 0 Å². The predicted octanol–water partition coefficient (Wildman–Crippen LogP) is 1.65. The summed E-state index contributed by atoms with van der Waals surface area (Å²) in [6.45, 7) is 0.683. The Morgan fingerprint density at radius 3 is 2.59 bits per heavy atom. The highest BCUT2D eigenvalue weighted by Crippen LogP contribution is 2.22. The van der Waals surface area contributed by atoms with Crippen LogP contribution in [0.3, 0.4) is 0 Å². The largest absolute Gasteiger partial charge is 0.320 e. The van der Waals surface area contributed by atoms with Gasteiger partial charge in [-0.2, -0.15) is 0 Å². The van der Waals surface area contributed by atoms with Crippen LogP contribution in [0.25, 0.3) is 0 Å². The van der Waals surface area contributed by atoms with Crippen LogP contribution in [-0.2, 0) is 4.79 Å². The second-order valence-corrected chi connectivity index (χ2v) is 4.57. The van der Waals surface area contributed by atoms with E-state index in [-0.39, 0.29) is 6.17 Å². The molecule has 0 N–H and O–H groups in total. The number of carbonyl (C=O) groups is 1. The lowest BCUT2D eigenvalue weighted by molar-refractivity contribution is -0.102. The Labute approximate surface area is 105 Å². The highest BCUT2D eigenvalue weighted by molar-refractivity contribution is 6.34. The normalized spacial score (nSPS) is 19.6. The van der Waals surface area contributed by atoms with Gasteiger partial charge in [0.1, 0.15) is 6.17 Å². The first-order valence-electron chi connectivity index (χ1n) is 5.34. The third-order valence-corrected chi connectivity index (χ3v) is 3.00. The number of aldehydes is 1. The second kappa shape index (κ2) is 4.85. The molecule has 1 aliphatic heterocycles. The number of amidine groups is 1. The van der Waals surface area contributed by atoms with E-state index in [2.05, 4.69) is 4.99 Å². The minimum atomic E-state index is 0.0193. The van der Waals surface area contributed by atoms with Gasteiger partial charge in [0.25, 0.3) is 0 Å². The molecule has 90 valence electrons. The number of nitrogens with zero attached hydrogens (tertiary/aromatic N) is 3. The molecule has 0 aromatic heterocycles. The van der Waals surface area contributed by atoms with Crippen LogP contribution in [0.4, 0.5) is 5.69 Å². The van der Waals surface area contributed by atoms with Crippen molar-refractivity contribution in [2.75, 3.05) is 25.5 Å². The van der Waals surface area contributed by atoms with Crippen molar-refractivity contribution in [2.45, 2.75) is 6.17 Å². The smallest absolute Gasteiger partial charge is 0.185 e. The SMILES string of the molecule is CN(C)C1CN(c2ccc(Cl)cc2)C(C=O)=N1. The van der Waals surface area contributed by atoms with Crippen molar-refractivity contribution in [3.63, 3.8) is 0 Å². The molecule has 0 radical (unpaired) electrons. The maximum atomic E-state index is 11.0. The van der Waals surface area contributed by atoms with Crippen molar-refractivity contribution in [3.05, 3.63) is 29.3 Å². The molecule has 1 atom stereocenters. The van der Waals surface area contributed by atoms with Crippen molar-refractivity contribution in [1.82, 2.24) is 4.90 Å². The second-order valence-electron chi connectivity index (χ2n) is 4.14. The van der Waals surface area contributed by atoms with Gasteiger partial charge in [0, 0.05) is 10.7 Å². The van der Waals surface area contributed by atoms with Crippen molar-refractivity contribution >= 4 is 29.4 Å². The predicted molar refractivity (Wildman–Crippen MR) is 69.8 cm³/mol. The van der Waals surface area contributed by atoms with Gasteiger partial charge in [-0.15, -0.1) is 0 Å². The fraction of sp³-hybridized carbons (Fsp3) is 0.333. The first-order valence-corrected chi connectivity index (χ1v) is 5.72.